The van der Waals surface area contributed by atoms with Crippen LogP contribution in [0.3, 0.4) is 0 Å². The number of benzene rings is 2. The molecule has 5 heteroatoms. The molecule has 0 radical (unpaired) electrons. The number of allylic oxidation sites excluding steroid dienone is 2. The fraction of sp³-hybridized carbons (Fsp3) is 0.238. The minimum absolute atomic E-state index is 0.0972. The number of carbonyl (C=O) groups excluding carboxylic acids is 1. The predicted octanol–water partition coefficient (Wildman–Crippen LogP) is 5.18. The van der Waals surface area contributed by atoms with E-state index in [0.29, 0.717) is 6.42 Å². The monoisotopic (exact) mass is 414 g/mol. The second-order valence-electron chi connectivity index (χ2n) is 6.54. The molecule has 1 N–H and O–H groups in total. The first-order chi connectivity index (χ1) is 12.5. The second kappa shape index (κ2) is 8.41. The molecule has 2 aromatic carbocycles. The summed E-state index contributed by atoms with van der Waals surface area (Å²) in [6.45, 7) is 2.10. The number of hydrazone groups is 1. The Morgan fingerprint density at radius 2 is 1.88 bits per heavy atom. The van der Waals surface area contributed by atoms with Crippen molar-refractivity contribution in [2.75, 3.05) is 0 Å². The van der Waals surface area contributed by atoms with E-state index in [1.54, 1.807) is 12.1 Å². The van der Waals surface area contributed by atoms with Gasteiger partial charge >= 0.3 is 0 Å². The maximum atomic E-state index is 12.9. The van der Waals surface area contributed by atoms with Crippen molar-refractivity contribution in [3.8, 4) is 0 Å². The summed E-state index contributed by atoms with van der Waals surface area (Å²) < 4.78 is 13.9. The molecule has 2 unspecified atom stereocenters. The summed E-state index contributed by atoms with van der Waals surface area (Å²) in [5, 5.41) is 4.03. The van der Waals surface area contributed by atoms with Crippen LogP contribution in [0, 0.1) is 11.7 Å². The van der Waals surface area contributed by atoms with Gasteiger partial charge in [-0.2, -0.15) is 5.10 Å². The Balaban J connectivity index is 1.71. The molecule has 2 aromatic rings. The summed E-state index contributed by atoms with van der Waals surface area (Å²) in [5.74, 6) is -0.424. The number of nitrogens with one attached hydrogen (secondary N) is 1. The molecule has 0 saturated carbocycles. The molecule has 134 valence electrons. The van der Waals surface area contributed by atoms with Crippen LogP contribution in [0.2, 0.25) is 0 Å². The molecule has 0 heterocycles. The van der Waals surface area contributed by atoms with Crippen molar-refractivity contribution in [1.82, 2.24) is 5.43 Å². The lowest BCUT2D eigenvalue weighted by Gasteiger charge is -2.29. The third-order valence-electron chi connectivity index (χ3n) is 4.64. The Bertz CT molecular complexity index is 828. The van der Waals surface area contributed by atoms with Crippen LogP contribution in [0.15, 0.2) is 69.8 Å². The number of nitrogens with zero attached hydrogens (tertiary/aromatic N) is 1. The van der Waals surface area contributed by atoms with Crippen LogP contribution < -0.4 is 5.43 Å². The van der Waals surface area contributed by atoms with Crippen LogP contribution in [0.5, 0.6) is 0 Å². The van der Waals surface area contributed by atoms with Crippen LogP contribution in [-0.4, -0.2) is 12.1 Å². The standard InChI is InChI=1S/C21H20BrFN2O/c1-14-2-11-19(20(12-14)16-5-7-17(22)8-6-16)21(26)25-24-13-15-3-9-18(23)10-4-15/h2-10,13,19-20H,11-12H2,1H3,(H,25,26). The maximum Gasteiger partial charge on any atom is 0.244 e. The van der Waals surface area contributed by atoms with Gasteiger partial charge in [0.2, 0.25) is 5.91 Å². The van der Waals surface area contributed by atoms with Gasteiger partial charge in [0.05, 0.1) is 12.1 Å². The molecule has 3 nitrogen and oxygen atoms in total. The minimum Gasteiger partial charge on any atom is -0.273 e. The largest absolute Gasteiger partial charge is 0.273 e. The number of rotatable bonds is 4. The van der Waals surface area contributed by atoms with Gasteiger partial charge in [-0.1, -0.05) is 51.8 Å². The van der Waals surface area contributed by atoms with Gasteiger partial charge in [-0.05, 0) is 61.1 Å². The zero-order valence-corrected chi connectivity index (χ0v) is 16.0. The molecule has 0 spiro atoms. The maximum absolute atomic E-state index is 12.9. The van der Waals surface area contributed by atoms with Crippen molar-refractivity contribution in [2.45, 2.75) is 25.7 Å². The summed E-state index contributed by atoms with van der Waals surface area (Å²) in [7, 11) is 0. The van der Waals surface area contributed by atoms with Crippen molar-refractivity contribution in [1.29, 1.82) is 0 Å². The van der Waals surface area contributed by atoms with E-state index in [0.717, 1.165) is 22.0 Å². The van der Waals surface area contributed by atoms with Gasteiger partial charge in [0.15, 0.2) is 0 Å². The molecule has 0 aliphatic heterocycles. The van der Waals surface area contributed by atoms with E-state index in [1.807, 2.05) is 12.1 Å². The van der Waals surface area contributed by atoms with Crippen molar-refractivity contribution in [3.63, 3.8) is 0 Å². The summed E-state index contributed by atoms with van der Waals surface area (Å²) >= 11 is 3.45. The van der Waals surface area contributed by atoms with Gasteiger partial charge in [0, 0.05) is 4.47 Å². The van der Waals surface area contributed by atoms with Gasteiger partial charge < -0.3 is 0 Å². The number of amides is 1. The van der Waals surface area contributed by atoms with Gasteiger partial charge in [-0.15, -0.1) is 0 Å². The predicted molar refractivity (Wildman–Crippen MR) is 106 cm³/mol. The third kappa shape index (κ3) is 4.67. The number of hydrogen-bond acceptors (Lipinski definition) is 2. The van der Waals surface area contributed by atoms with Gasteiger partial charge in [0.1, 0.15) is 5.82 Å². The van der Waals surface area contributed by atoms with Crippen LogP contribution in [0.25, 0.3) is 0 Å². The van der Waals surface area contributed by atoms with Gasteiger partial charge in [-0.3, -0.25) is 4.79 Å². The molecule has 1 amide bonds. The van der Waals surface area contributed by atoms with E-state index >= 15 is 0 Å². The topological polar surface area (TPSA) is 41.5 Å². The molecule has 3 rings (SSSR count). The fourth-order valence-electron chi connectivity index (χ4n) is 3.22. The first-order valence-electron chi connectivity index (χ1n) is 8.52. The molecule has 0 aromatic heterocycles. The highest BCUT2D eigenvalue weighted by Gasteiger charge is 2.31. The number of halogens is 2. The first-order valence-corrected chi connectivity index (χ1v) is 9.32. The van der Waals surface area contributed by atoms with E-state index in [4.69, 9.17) is 0 Å². The highest BCUT2D eigenvalue weighted by atomic mass is 79.9. The van der Waals surface area contributed by atoms with Crippen molar-refractivity contribution in [3.05, 3.63) is 81.6 Å². The number of carbonyl (C=O) groups is 1. The number of hydrogen-bond donors (Lipinski definition) is 1. The molecular weight excluding hydrogens is 395 g/mol. The van der Waals surface area contributed by atoms with Crippen LogP contribution in [0.4, 0.5) is 4.39 Å². The molecule has 2 atom stereocenters. The Morgan fingerprint density at radius 1 is 1.19 bits per heavy atom. The average molecular weight is 415 g/mol. The summed E-state index contributed by atoms with van der Waals surface area (Å²) in [4.78, 5) is 12.7. The second-order valence-corrected chi connectivity index (χ2v) is 7.46. The van der Waals surface area contributed by atoms with Gasteiger partial charge in [0.25, 0.3) is 0 Å². The smallest absolute Gasteiger partial charge is 0.244 e. The SMILES string of the molecule is CC1=CCC(C(=O)NN=Cc2ccc(F)cc2)C(c2ccc(Br)cc2)C1. The van der Waals surface area contributed by atoms with Gasteiger partial charge in [-0.25, -0.2) is 9.82 Å². The molecule has 1 aliphatic carbocycles. The normalized spacial score (nSPS) is 20.0. The third-order valence-corrected chi connectivity index (χ3v) is 5.17. The average Bonchev–Trinajstić information content (AvgIpc) is 2.64. The molecule has 1 aliphatic rings. The lowest BCUT2D eigenvalue weighted by Crippen LogP contribution is -2.33. The van der Waals surface area contributed by atoms with Crippen molar-refractivity contribution in [2.24, 2.45) is 11.0 Å². The molecule has 0 saturated heterocycles. The van der Waals surface area contributed by atoms with E-state index in [1.165, 1.54) is 23.9 Å². The molecule has 0 fully saturated rings. The zero-order valence-electron chi connectivity index (χ0n) is 14.5. The quantitative estimate of drug-likeness (QED) is 0.418. The van der Waals surface area contributed by atoms with Crippen LogP contribution in [-0.2, 0) is 4.79 Å². The summed E-state index contributed by atoms with van der Waals surface area (Å²) in [5.41, 5.74) is 5.83. The summed E-state index contributed by atoms with van der Waals surface area (Å²) in [6.07, 6.45) is 5.21. The Labute approximate surface area is 161 Å². The molecular formula is C21H20BrFN2O. The van der Waals surface area contributed by atoms with E-state index in [-0.39, 0.29) is 23.6 Å². The van der Waals surface area contributed by atoms with Crippen LogP contribution in [0.1, 0.15) is 36.8 Å². The van der Waals surface area contributed by atoms with E-state index in [2.05, 4.69) is 51.6 Å². The Kier molecular flexibility index (Phi) is 5.99. The zero-order chi connectivity index (χ0) is 18.5. The first kappa shape index (κ1) is 18.5. The molecule has 0 bridgehead atoms. The van der Waals surface area contributed by atoms with Crippen molar-refractivity contribution < 1.29 is 9.18 Å². The van der Waals surface area contributed by atoms with E-state index in [9.17, 15) is 9.18 Å². The lowest BCUT2D eigenvalue weighted by molar-refractivity contribution is -0.125. The van der Waals surface area contributed by atoms with E-state index < -0.39 is 0 Å². The minimum atomic E-state index is -0.298. The summed E-state index contributed by atoms with van der Waals surface area (Å²) in [6, 6.07) is 14.1. The lowest BCUT2D eigenvalue weighted by atomic mass is 9.75. The van der Waals surface area contributed by atoms with Crippen molar-refractivity contribution >= 4 is 28.1 Å². The Hall–Kier alpha value is -2.27. The highest BCUT2D eigenvalue weighted by Crippen LogP contribution is 2.38. The molecule has 26 heavy (non-hydrogen) atoms. The highest BCUT2D eigenvalue weighted by molar-refractivity contribution is 9.10. The Morgan fingerprint density at radius 3 is 2.58 bits per heavy atom. The fourth-order valence-corrected chi connectivity index (χ4v) is 3.48. The van der Waals surface area contributed by atoms with Crippen LogP contribution >= 0.6 is 15.9 Å².